The topological polar surface area (TPSA) is 60.2 Å². The van der Waals surface area contributed by atoms with E-state index in [1.807, 2.05) is 6.08 Å². The molecular weight excluding hydrogens is 218 g/mol. The summed E-state index contributed by atoms with van der Waals surface area (Å²) in [5.74, 6) is 0.203. The first-order valence-electron chi connectivity index (χ1n) is 5.65. The van der Waals surface area contributed by atoms with Crippen LogP contribution in [0.4, 0.5) is 5.69 Å². The van der Waals surface area contributed by atoms with Gasteiger partial charge in [0.05, 0.1) is 4.92 Å². The van der Waals surface area contributed by atoms with E-state index < -0.39 is 4.92 Å². The minimum Gasteiger partial charge on any atom is -0.295 e. The van der Waals surface area contributed by atoms with Crippen molar-refractivity contribution >= 4 is 17.5 Å². The van der Waals surface area contributed by atoms with Crippen LogP contribution < -0.4 is 0 Å². The molecule has 2 rings (SSSR count). The van der Waals surface area contributed by atoms with E-state index in [0.29, 0.717) is 6.42 Å². The van der Waals surface area contributed by atoms with Gasteiger partial charge < -0.3 is 0 Å². The van der Waals surface area contributed by atoms with Crippen LogP contribution in [0.3, 0.4) is 0 Å². The van der Waals surface area contributed by atoms with Crippen molar-refractivity contribution < 1.29 is 9.72 Å². The molecule has 1 fully saturated rings. The Morgan fingerprint density at radius 1 is 1.12 bits per heavy atom. The lowest BCUT2D eigenvalue weighted by Gasteiger charge is -2.12. The first kappa shape index (κ1) is 11.5. The largest absolute Gasteiger partial charge is 0.295 e. The Hall–Kier alpha value is -1.97. The van der Waals surface area contributed by atoms with Gasteiger partial charge in [-0.25, -0.2) is 0 Å². The highest BCUT2D eigenvalue weighted by molar-refractivity contribution is 6.00. The molecule has 0 amide bonds. The maximum atomic E-state index is 11.6. The van der Waals surface area contributed by atoms with Crippen molar-refractivity contribution in [2.75, 3.05) is 0 Å². The van der Waals surface area contributed by atoms with Gasteiger partial charge in [-0.3, -0.25) is 14.9 Å². The maximum absolute atomic E-state index is 11.6. The van der Waals surface area contributed by atoms with Gasteiger partial charge in [-0.1, -0.05) is 0 Å². The van der Waals surface area contributed by atoms with E-state index in [4.69, 9.17) is 0 Å². The van der Waals surface area contributed by atoms with E-state index in [1.165, 1.54) is 12.1 Å². The van der Waals surface area contributed by atoms with Gasteiger partial charge in [0.15, 0.2) is 5.78 Å². The molecule has 4 heteroatoms. The molecule has 4 nitrogen and oxygen atoms in total. The summed E-state index contributed by atoms with van der Waals surface area (Å²) in [6, 6.07) is 6.26. The summed E-state index contributed by atoms with van der Waals surface area (Å²) < 4.78 is 0. The molecule has 1 aromatic carbocycles. The number of non-ortho nitro benzene ring substituents is 1. The van der Waals surface area contributed by atoms with E-state index in [9.17, 15) is 14.9 Å². The summed E-state index contributed by atoms with van der Waals surface area (Å²) in [5, 5.41) is 10.5. The number of ketones is 1. The van der Waals surface area contributed by atoms with Crippen LogP contribution in [0.5, 0.6) is 0 Å². The van der Waals surface area contributed by atoms with Crippen LogP contribution >= 0.6 is 0 Å². The molecule has 0 aromatic heterocycles. The van der Waals surface area contributed by atoms with Crippen molar-refractivity contribution in [3.05, 3.63) is 45.5 Å². The zero-order valence-electron chi connectivity index (χ0n) is 9.39. The lowest BCUT2D eigenvalue weighted by atomic mass is 9.92. The lowest BCUT2D eigenvalue weighted by Crippen LogP contribution is -2.07. The second-order valence-electron chi connectivity index (χ2n) is 4.15. The monoisotopic (exact) mass is 231 g/mol. The first-order chi connectivity index (χ1) is 8.16. The van der Waals surface area contributed by atoms with Crippen LogP contribution in [0.25, 0.3) is 6.08 Å². The number of nitro benzene ring substituents is 1. The van der Waals surface area contributed by atoms with Gasteiger partial charge in [-0.2, -0.15) is 0 Å². The van der Waals surface area contributed by atoms with Gasteiger partial charge in [-0.05, 0) is 48.6 Å². The highest BCUT2D eigenvalue weighted by Crippen LogP contribution is 2.23. The first-order valence-corrected chi connectivity index (χ1v) is 5.65. The van der Waals surface area contributed by atoms with Gasteiger partial charge in [-0.15, -0.1) is 0 Å². The van der Waals surface area contributed by atoms with E-state index in [2.05, 4.69) is 0 Å². The Balaban J connectivity index is 2.20. The number of carbonyl (C=O) groups excluding carboxylic acids is 1. The van der Waals surface area contributed by atoms with Crippen LogP contribution in [-0.2, 0) is 4.79 Å². The molecular formula is C13H13NO3. The maximum Gasteiger partial charge on any atom is 0.269 e. The summed E-state index contributed by atoms with van der Waals surface area (Å²) in [5.41, 5.74) is 1.76. The van der Waals surface area contributed by atoms with E-state index in [-0.39, 0.29) is 11.5 Å². The molecule has 1 aromatic rings. The molecule has 0 atom stereocenters. The molecule has 0 saturated heterocycles. The number of nitrogens with zero attached hydrogens (tertiary/aromatic N) is 1. The van der Waals surface area contributed by atoms with Gasteiger partial charge in [0.1, 0.15) is 0 Å². The number of nitro groups is 1. The summed E-state index contributed by atoms with van der Waals surface area (Å²) in [4.78, 5) is 21.7. The van der Waals surface area contributed by atoms with Crippen LogP contribution in [0, 0.1) is 10.1 Å². The summed E-state index contributed by atoms with van der Waals surface area (Å²) >= 11 is 0. The van der Waals surface area contributed by atoms with Crippen molar-refractivity contribution in [3.63, 3.8) is 0 Å². The fourth-order valence-corrected chi connectivity index (χ4v) is 1.95. The predicted molar refractivity (Wildman–Crippen MR) is 64.5 cm³/mol. The summed E-state index contributed by atoms with van der Waals surface area (Å²) in [6.45, 7) is 0. The molecule has 1 saturated carbocycles. The Morgan fingerprint density at radius 2 is 1.76 bits per heavy atom. The highest BCUT2D eigenvalue weighted by Gasteiger charge is 2.14. The summed E-state index contributed by atoms with van der Waals surface area (Å²) in [7, 11) is 0. The van der Waals surface area contributed by atoms with E-state index in [0.717, 1.165) is 30.4 Å². The van der Waals surface area contributed by atoms with Crippen LogP contribution in [-0.4, -0.2) is 10.7 Å². The van der Waals surface area contributed by atoms with Gasteiger partial charge in [0, 0.05) is 18.6 Å². The normalized spacial score (nSPS) is 18.4. The van der Waals surface area contributed by atoms with Gasteiger partial charge >= 0.3 is 0 Å². The average Bonchev–Trinajstić information content (AvgIpc) is 2.33. The zero-order chi connectivity index (χ0) is 12.3. The highest BCUT2D eigenvalue weighted by atomic mass is 16.6. The zero-order valence-corrected chi connectivity index (χ0v) is 9.39. The Kier molecular flexibility index (Phi) is 3.32. The molecule has 0 heterocycles. The standard InChI is InChI=1S/C13H13NO3/c15-13-4-2-1-3-11(13)9-10-5-7-12(8-6-10)14(16)17/h5-9H,1-4H2/b11-9+. The molecule has 0 bridgehead atoms. The number of benzene rings is 1. The van der Waals surface area contributed by atoms with Gasteiger partial charge in [0.2, 0.25) is 0 Å². The van der Waals surface area contributed by atoms with E-state index >= 15 is 0 Å². The lowest BCUT2D eigenvalue weighted by molar-refractivity contribution is -0.384. The number of rotatable bonds is 2. The molecule has 17 heavy (non-hydrogen) atoms. The van der Waals surface area contributed by atoms with Gasteiger partial charge in [0.25, 0.3) is 5.69 Å². The quantitative estimate of drug-likeness (QED) is 0.446. The fraction of sp³-hybridized carbons (Fsp3) is 0.308. The third-order valence-corrected chi connectivity index (χ3v) is 2.90. The third kappa shape index (κ3) is 2.78. The number of carbonyl (C=O) groups is 1. The second-order valence-corrected chi connectivity index (χ2v) is 4.15. The Morgan fingerprint density at radius 3 is 2.35 bits per heavy atom. The number of hydrogen-bond donors (Lipinski definition) is 0. The molecule has 0 radical (unpaired) electrons. The Bertz CT molecular complexity index is 474. The number of hydrogen-bond acceptors (Lipinski definition) is 3. The molecule has 88 valence electrons. The van der Waals surface area contributed by atoms with Crippen LogP contribution in [0.2, 0.25) is 0 Å². The smallest absolute Gasteiger partial charge is 0.269 e. The van der Waals surface area contributed by atoms with Crippen molar-refractivity contribution in [2.45, 2.75) is 25.7 Å². The minimum atomic E-state index is -0.428. The molecule has 0 unspecified atom stereocenters. The van der Waals surface area contributed by atoms with Crippen LogP contribution in [0.15, 0.2) is 29.8 Å². The Labute approximate surface area is 99.1 Å². The molecule has 0 aliphatic heterocycles. The van der Waals surface area contributed by atoms with Crippen molar-refractivity contribution in [1.82, 2.24) is 0 Å². The average molecular weight is 231 g/mol. The molecule has 0 spiro atoms. The van der Waals surface area contributed by atoms with E-state index in [1.54, 1.807) is 12.1 Å². The predicted octanol–water partition coefficient (Wildman–Crippen LogP) is 3.12. The fourth-order valence-electron chi connectivity index (χ4n) is 1.95. The molecule has 1 aliphatic carbocycles. The number of allylic oxidation sites excluding steroid dienone is 1. The molecule has 0 N–H and O–H groups in total. The number of Topliss-reactive ketones (excluding diaryl/α,β-unsaturated/α-hetero) is 1. The van der Waals surface area contributed by atoms with Crippen molar-refractivity contribution in [3.8, 4) is 0 Å². The molecule has 1 aliphatic rings. The minimum absolute atomic E-state index is 0.0714. The van der Waals surface area contributed by atoms with Crippen molar-refractivity contribution in [1.29, 1.82) is 0 Å². The van der Waals surface area contributed by atoms with Crippen LogP contribution in [0.1, 0.15) is 31.2 Å². The van der Waals surface area contributed by atoms with Crippen molar-refractivity contribution in [2.24, 2.45) is 0 Å². The SMILES string of the molecule is O=C1CCCC/C1=C\c1ccc([N+](=O)[O-])cc1. The summed E-state index contributed by atoms with van der Waals surface area (Å²) in [6.07, 6.45) is 5.29. The third-order valence-electron chi connectivity index (χ3n) is 2.90. The second kappa shape index (κ2) is 4.91.